The standard InChI is InChI=1S/C27H42O2/c1-9-10-11-12-14-25(2,3)19-16-22(28-7)24(23(17-19)29-8)20-18-27(6)15-13-21(20)26(27,4)5/h16-18,21H,9-15H2,1-8H3/t21-,27+/m1/s1. The minimum absolute atomic E-state index is 0.112. The molecule has 0 amide bonds. The Hall–Kier alpha value is -1.44. The highest BCUT2D eigenvalue weighted by atomic mass is 16.5. The lowest BCUT2D eigenvalue weighted by molar-refractivity contribution is 0.183. The molecular formula is C27H42O2. The van der Waals surface area contributed by atoms with Crippen molar-refractivity contribution >= 4 is 5.57 Å². The van der Waals surface area contributed by atoms with E-state index >= 15 is 0 Å². The van der Waals surface area contributed by atoms with Gasteiger partial charge in [-0.05, 0) is 64.7 Å². The molecule has 2 heteroatoms. The van der Waals surface area contributed by atoms with Crippen LogP contribution in [0.4, 0.5) is 0 Å². The largest absolute Gasteiger partial charge is 0.496 e. The molecule has 29 heavy (non-hydrogen) atoms. The minimum Gasteiger partial charge on any atom is -0.496 e. The molecule has 2 aliphatic carbocycles. The van der Waals surface area contributed by atoms with Crippen LogP contribution in [0.25, 0.3) is 5.57 Å². The Bertz CT molecular complexity index is 746. The molecule has 0 N–H and O–H groups in total. The fraction of sp³-hybridized carbons (Fsp3) is 0.704. The third kappa shape index (κ3) is 3.73. The summed E-state index contributed by atoms with van der Waals surface area (Å²) in [5, 5.41) is 0. The molecule has 2 bridgehead atoms. The Morgan fingerprint density at radius 3 is 2.07 bits per heavy atom. The van der Waals surface area contributed by atoms with Gasteiger partial charge in [0.05, 0.1) is 19.8 Å². The molecule has 0 radical (unpaired) electrons. The van der Waals surface area contributed by atoms with E-state index in [0.29, 0.717) is 5.92 Å². The summed E-state index contributed by atoms with van der Waals surface area (Å²) in [4.78, 5) is 0. The highest BCUT2D eigenvalue weighted by Gasteiger charge is 2.56. The number of benzene rings is 1. The monoisotopic (exact) mass is 398 g/mol. The Balaban J connectivity index is 1.99. The molecule has 2 atom stereocenters. The number of unbranched alkanes of at least 4 members (excludes halogenated alkanes) is 3. The summed E-state index contributed by atoms with van der Waals surface area (Å²) in [5.74, 6) is 2.52. The van der Waals surface area contributed by atoms with Crippen LogP contribution in [0.3, 0.4) is 0 Å². The van der Waals surface area contributed by atoms with Crippen LogP contribution < -0.4 is 9.47 Å². The van der Waals surface area contributed by atoms with Gasteiger partial charge in [0, 0.05) is 0 Å². The van der Waals surface area contributed by atoms with Crippen LogP contribution in [0, 0.1) is 16.7 Å². The molecule has 0 spiro atoms. The minimum atomic E-state index is 0.112. The average molecular weight is 399 g/mol. The van der Waals surface area contributed by atoms with E-state index in [9.17, 15) is 0 Å². The maximum absolute atomic E-state index is 5.97. The Labute approximate surface area is 179 Å². The number of hydrogen-bond donors (Lipinski definition) is 0. The van der Waals surface area contributed by atoms with E-state index in [2.05, 4.69) is 59.8 Å². The zero-order chi connectivity index (χ0) is 21.4. The normalized spacial score (nSPS) is 25.2. The first-order chi connectivity index (χ1) is 13.6. The lowest BCUT2D eigenvalue weighted by Gasteiger charge is -2.34. The fourth-order valence-corrected chi connectivity index (χ4v) is 5.74. The van der Waals surface area contributed by atoms with Crippen molar-refractivity contribution < 1.29 is 9.47 Å². The summed E-state index contributed by atoms with van der Waals surface area (Å²) in [6.45, 7) is 14.3. The number of fused-ring (bicyclic) bond motifs is 2. The van der Waals surface area contributed by atoms with Crippen molar-refractivity contribution in [2.24, 2.45) is 16.7 Å². The maximum Gasteiger partial charge on any atom is 0.130 e. The van der Waals surface area contributed by atoms with Crippen molar-refractivity contribution in [3.8, 4) is 11.5 Å². The predicted octanol–water partition coefficient (Wildman–Crippen LogP) is 7.79. The molecule has 2 aliphatic rings. The first-order valence-electron chi connectivity index (χ1n) is 11.6. The fourth-order valence-electron chi connectivity index (χ4n) is 5.74. The second-order valence-electron chi connectivity index (χ2n) is 10.8. The third-order valence-corrected chi connectivity index (χ3v) is 8.38. The SMILES string of the molecule is CCCCCCC(C)(C)c1cc(OC)c(C2=C[C@]3(C)CC[C@H]2C3(C)C)c(OC)c1. The molecular weight excluding hydrogens is 356 g/mol. The smallest absolute Gasteiger partial charge is 0.130 e. The van der Waals surface area contributed by atoms with Gasteiger partial charge in [-0.25, -0.2) is 0 Å². The first-order valence-corrected chi connectivity index (χ1v) is 11.6. The molecule has 0 heterocycles. The van der Waals surface area contributed by atoms with Crippen LogP contribution in [-0.4, -0.2) is 14.2 Å². The van der Waals surface area contributed by atoms with Gasteiger partial charge in [0.1, 0.15) is 11.5 Å². The summed E-state index contributed by atoms with van der Waals surface area (Å²) in [7, 11) is 3.61. The van der Waals surface area contributed by atoms with E-state index in [1.54, 1.807) is 14.2 Å². The number of methoxy groups -OCH3 is 2. The van der Waals surface area contributed by atoms with Crippen molar-refractivity contribution in [3.05, 3.63) is 29.3 Å². The number of rotatable bonds is 9. The lowest BCUT2D eigenvalue weighted by atomic mass is 9.70. The summed E-state index contributed by atoms with van der Waals surface area (Å²) in [5.41, 5.74) is 4.60. The lowest BCUT2D eigenvalue weighted by Crippen LogP contribution is -2.27. The van der Waals surface area contributed by atoms with Crippen molar-refractivity contribution in [2.75, 3.05) is 14.2 Å². The van der Waals surface area contributed by atoms with Gasteiger partial charge in [-0.3, -0.25) is 0 Å². The molecule has 1 aromatic carbocycles. The second-order valence-corrected chi connectivity index (χ2v) is 10.8. The topological polar surface area (TPSA) is 18.5 Å². The van der Waals surface area contributed by atoms with E-state index in [1.807, 2.05) is 0 Å². The zero-order valence-corrected chi connectivity index (χ0v) is 20.1. The molecule has 2 nitrogen and oxygen atoms in total. The average Bonchev–Trinajstić information content (AvgIpc) is 3.03. The number of ether oxygens (including phenoxy) is 2. The molecule has 0 unspecified atom stereocenters. The van der Waals surface area contributed by atoms with Gasteiger partial charge in [0.15, 0.2) is 0 Å². The van der Waals surface area contributed by atoms with Gasteiger partial charge in [-0.1, -0.05) is 73.3 Å². The molecule has 1 fully saturated rings. The second kappa shape index (κ2) is 8.00. The van der Waals surface area contributed by atoms with Crippen molar-refractivity contribution in [1.29, 1.82) is 0 Å². The molecule has 1 saturated carbocycles. The Morgan fingerprint density at radius 2 is 1.62 bits per heavy atom. The van der Waals surface area contributed by atoms with Gasteiger partial charge >= 0.3 is 0 Å². The number of allylic oxidation sites excluding steroid dienone is 2. The Kier molecular flexibility index (Phi) is 6.14. The van der Waals surface area contributed by atoms with E-state index in [0.717, 1.165) is 11.5 Å². The van der Waals surface area contributed by atoms with Crippen LogP contribution in [-0.2, 0) is 5.41 Å². The van der Waals surface area contributed by atoms with E-state index in [1.165, 1.54) is 61.6 Å². The summed E-state index contributed by atoms with van der Waals surface area (Å²) >= 11 is 0. The van der Waals surface area contributed by atoms with E-state index in [-0.39, 0.29) is 16.2 Å². The van der Waals surface area contributed by atoms with Crippen LogP contribution in [0.1, 0.15) is 97.6 Å². The zero-order valence-electron chi connectivity index (χ0n) is 20.1. The van der Waals surface area contributed by atoms with Crippen molar-refractivity contribution in [1.82, 2.24) is 0 Å². The molecule has 162 valence electrons. The summed E-state index contributed by atoms with van der Waals surface area (Å²) < 4.78 is 11.9. The van der Waals surface area contributed by atoms with Crippen LogP contribution in [0.15, 0.2) is 18.2 Å². The van der Waals surface area contributed by atoms with Gasteiger partial charge in [0.25, 0.3) is 0 Å². The van der Waals surface area contributed by atoms with Crippen molar-refractivity contribution in [2.45, 2.75) is 91.9 Å². The van der Waals surface area contributed by atoms with Crippen LogP contribution in [0.2, 0.25) is 0 Å². The van der Waals surface area contributed by atoms with Crippen LogP contribution >= 0.6 is 0 Å². The number of hydrogen-bond acceptors (Lipinski definition) is 2. The molecule has 0 aliphatic heterocycles. The molecule has 0 aromatic heterocycles. The molecule has 3 rings (SSSR count). The summed E-state index contributed by atoms with van der Waals surface area (Å²) in [6.07, 6.45) is 11.4. The van der Waals surface area contributed by atoms with Crippen molar-refractivity contribution in [3.63, 3.8) is 0 Å². The maximum atomic E-state index is 5.97. The van der Waals surface area contributed by atoms with Gasteiger partial charge in [-0.2, -0.15) is 0 Å². The third-order valence-electron chi connectivity index (χ3n) is 8.38. The van der Waals surface area contributed by atoms with Gasteiger partial charge in [0.2, 0.25) is 0 Å². The summed E-state index contributed by atoms with van der Waals surface area (Å²) in [6, 6.07) is 4.56. The van der Waals surface area contributed by atoms with E-state index < -0.39 is 0 Å². The Morgan fingerprint density at radius 1 is 1.00 bits per heavy atom. The highest BCUT2D eigenvalue weighted by Crippen LogP contribution is 2.67. The quantitative estimate of drug-likeness (QED) is 0.395. The molecule has 1 aromatic rings. The van der Waals surface area contributed by atoms with E-state index in [4.69, 9.17) is 9.47 Å². The van der Waals surface area contributed by atoms with Gasteiger partial charge in [-0.15, -0.1) is 0 Å². The predicted molar refractivity (Wildman–Crippen MR) is 124 cm³/mol. The first kappa shape index (κ1) is 22.2. The highest BCUT2D eigenvalue weighted by molar-refractivity contribution is 5.81. The van der Waals surface area contributed by atoms with Gasteiger partial charge < -0.3 is 9.47 Å². The van der Waals surface area contributed by atoms with Crippen LogP contribution in [0.5, 0.6) is 11.5 Å². The molecule has 0 saturated heterocycles.